The van der Waals surface area contributed by atoms with E-state index in [1.54, 1.807) is 0 Å². The van der Waals surface area contributed by atoms with Gasteiger partial charge in [0.25, 0.3) is 0 Å². The van der Waals surface area contributed by atoms with Crippen molar-refractivity contribution in [3.8, 4) is 0 Å². The molecular weight excluding hydrogens is 234 g/mol. The number of hydrogen-bond donors (Lipinski definition) is 1. The van der Waals surface area contributed by atoms with Gasteiger partial charge >= 0.3 is 0 Å². The number of aromatic nitrogens is 2. The molecule has 0 amide bonds. The minimum Gasteiger partial charge on any atom is -0.334 e. The van der Waals surface area contributed by atoms with Crippen LogP contribution >= 0.6 is 0 Å². The van der Waals surface area contributed by atoms with Crippen molar-refractivity contribution in [1.82, 2.24) is 14.9 Å². The fourth-order valence-electron chi connectivity index (χ4n) is 3.25. The molecule has 0 aliphatic heterocycles. The van der Waals surface area contributed by atoms with Crippen molar-refractivity contribution in [3.63, 3.8) is 0 Å². The third kappa shape index (κ3) is 4.07. The van der Waals surface area contributed by atoms with Gasteiger partial charge in [-0.2, -0.15) is 0 Å². The molecule has 0 aromatic carbocycles. The molecule has 19 heavy (non-hydrogen) atoms. The van der Waals surface area contributed by atoms with E-state index >= 15 is 0 Å². The van der Waals surface area contributed by atoms with Crippen LogP contribution in [0.1, 0.15) is 70.7 Å². The van der Waals surface area contributed by atoms with E-state index in [2.05, 4.69) is 34.9 Å². The average Bonchev–Trinajstić information content (AvgIpc) is 2.93. The molecule has 1 fully saturated rings. The number of rotatable bonds is 7. The highest BCUT2D eigenvalue weighted by molar-refractivity contribution is 5.00. The number of imidazole rings is 1. The molecule has 1 N–H and O–H groups in total. The molecule has 0 spiro atoms. The Bertz CT molecular complexity index is 353. The van der Waals surface area contributed by atoms with Gasteiger partial charge in [0, 0.05) is 18.9 Å². The van der Waals surface area contributed by atoms with E-state index in [4.69, 9.17) is 0 Å². The Hall–Kier alpha value is -0.830. The van der Waals surface area contributed by atoms with Crippen molar-refractivity contribution in [1.29, 1.82) is 0 Å². The molecule has 0 bridgehead atoms. The van der Waals surface area contributed by atoms with Crippen molar-refractivity contribution < 1.29 is 0 Å². The third-order valence-electron chi connectivity index (χ3n) is 4.33. The Morgan fingerprint density at radius 2 is 2.11 bits per heavy atom. The molecule has 1 aliphatic carbocycles. The molecule has 1 aromatic rings. The third-order valence-corrected chi connectivity index (χ3v) is 4.33. The van der Waals surface area contributed by atoms with Crippen LogP contribution < -0.4 is 5.32 Å². The quantitative estimate of drug-likeness (QED) is 0.808. The zero-order chi connectivity index (χ0) is 13.5. The summed E-state index contributed by atoms with van der Waals surface area (Å²) in [6, 6.07) is 0.443. The molecule has 2 rings (SSSR count). The van der Waals surface area contributed by atoms with Crippen LogP contribution in [0.4, 0.5) is 0 Å². The van der Waals surface area contributed by atoms with Crippen LogP contribution in [-0.2, 0) is 6.54 Å². The van der Waals surface area contributed by atoms with Crippen LogP contribution in [0.5, 0.6) is 0 Å². The summed E-state index contributed by atoms with van der Waals surface area (Å²) >= 11 is 0. The second-order valence-corrected chi connectivity index (χ2v) is 5.82. The van der Waals surface area contributed by atoms with Gasteiger partial charge in [-0.05, 0) is 32.2 Å². The normalized spacial score (nSPS) is 18.6. The molecular formula is C16H29N3. The predicted octanol–water partition coefficient (Wildman–Crippen LogP) is 3.91. The van der Waals surface area contributed by atoms with Crippen LogP contribution in [0.15, 0.2) is 12.4 Å². The lowest BCUT2D eigenvalue weighted by Crippen LogP contribution is -2.28. The maximum absolute atomic E-state index is 4.61. The summed E-state index contributed by atoms with van der Waals surface area (Å²) in [5.41, 5.74) is 0. The summed E-state index contributed by atoms with van der Waals surface area (Å²) in [5.74, 6) is 2.13. The van der Waals surface area contributed by atoms with Gasteiger partial charge in [0.2, 0.25) is 0 Å². The lowest BCUT2D eigenvalue weighted by atomic mass is 9.84. The van der Waals surface area contributed by atoms with Crippen LogP contribution in [0, 0.1) is 5.92 Å². The lowest BCUT2D eigenvalue weighted by Gasteiger charge is -2.27. The van der Waals surface area contributed by atoms with Gasteiger partial charge in [-0.3, -0.25) is 0 Å². The first-order chi connectivity index (χ1) is 9.35. The Labute approximate surface area is 117 Å². The van der Waals surface area contributed by atoms with E-state index in [0.29, 0.717) is 6.04 Å². The minimum absolute atomic E-state index is 0.443. The van der Waals surface area contributed by atoms with E-state index < -0.39 is 0 Å². The summed E-state index contributed by atoms with van der Waals surface area (Å²) < 4.78 is 2.29. The number of nitrogens with zero attached hydrogens (tertiary/aromatic N) is 2. The van der Waals surface area contributed by atoms with Gasteiger partial charge in [0.15, 0.2) is 0 Å². The van der Waals surface area contributed by atoms with Crippen molar-refractivity contribution in [2.24, 2.45) is 5.92 Å². The van der Waals surface area contributed by atoms with E-state index in [1.165, 1.54) is 50.8 Å². The number of nitrogens with one attached hydrogen (secondary N) is 1. The maximum atomic E-state index is 4.61. The number of aryl methyl sites for hydroxylation is 1. The topological polar surface area (TPSA) is 29.9 Å². The first-order valence-corrected chi connectivity index (χ1v) is 8.09. The van der Waals surface area contributed by atoms with Crippen molar-refractivity contribution in [2.45, 2.75) is 71.4 Å². The summed E-state index contributed by atoms with van der Waals surface area (Å²) in [6.45, 7) is 6.54. The molecule has 0 radical (unpaired) electrons. The second-order valence-electron chi connectivity index (χ2n) is 5.82. The Kier molecular flexibility index (Phi) is 5.90. The van der Waals surface area contributed by atoms with Gasteiger partial charge in [-0.25, -0.2) is 4.98 Å². The SMILES string of the molecule is CCCNC(CC1CCCCC1)c1nccn1CC. The Morgan fingerprint density at radius 1 is 1.32 bits per heavy atom. The van der Waals surface area contributed by atoms with Gasteiger partial charge in [-0.1, -0.05) is 39.0 Å². The first-order valence-electron chi connectivity index (χ1n) is 8.09. The highest BCUT2D eigenvalue weighted by atomic mass is 15.1. The lowest BCUT2D eigenvalue weighted by molar-refractivity contribution is 0.292. The zero-order valence-electron chi connectivity index (χ0n) is 12.6. The predicted molar refractivity (Wildman–Crippen MR) is 80.1 cm³/mol. The molecule has 1 atom stereocenters. The standard InChI is InChI=1S/C16H29N3/c1-3-10-17-15(13-14-8-6-5-7-9-14)16-18-11-12-19(16)4-2/h11-12,14-15,17H,3-10,13H2,1-2H3. The largest absolute Gasteiger partial charge is 0.334 e. The molecule has 1 heterocycles. The van der Waals surface area contributed by atoms with E-state index in [0.717, 1.165) is 19.0 Å². The molecule has 1 aromatic heterocycles. The van der Waals surface area contributed by atoms with Crippen LogP contribution in [-0.4, -0.2) is 16.1 Å². The van der Waals surface area contributed by atoms with Crippen molar-refractivity contribution in [3.05, 3.63) is 18.2 Å². The summed E-state index contributed by atoms with van der Waals surface area (Å²) in [5, 5.41) is 3.71. The fraction of sp³-hybridized carbons (Fsp3) is 0.812. The van der Waals surface area contributed by atoms with Crippen LogP contribution in [0.2, 0.25) is 0 Å². The van der Waals surface area contributed by atoms with Gasteiger partial charge < -0.3 is 9.88 Å². The van der Waals surface area contributed by atoms with E-state index in [-0.39, 0.29) is 0 Å². The minimum atomic E-state index is 0.443. The summed E-state index contributed by atoms with van der Waals surface area (Å²) in [4.78, 5) is 4.61. The van der Waals surface area contributed by atoms with Crippen LogP contribution in [0.3, 0.4) is 0 Å². The van der Waals surface area contributed by atoms with Gasteiger partial charge in [0.05, 0.1) is 6.04 Å². The second kappa shape index (κ2) is 7.68. The summed E-state index contributed by atoms with van der Waals surface area (Å²) in [7, 11) is 0. The van der Waals surface area contributed by atoms with Gasteiger partial charge in [0.1, 0.15) is 5.82 Å². The maximum Gasteiger partial charge on any atom is 0.125 e. The highest BCUT2D eigenvalue weighted by Crippen LogP contribution is 2.31. The first kappa shape index (κ1) is 14.6. The molecule has 0 saturated heterocycles. The number of hydrogen-bond acceptors (Lipinski definition) is 2. The molecule has 3 heteroatoms. The van der Waals surface area contributed by atoms with E-state index in [9.17, 15) is 0 Å². The average molecular weight is 263 g/mol. The smallest absolute Gasteiger partial charge is 0.125 e. The van der Waals surface area contributed by atoms with Crippen molar-refractivity contribution in [2.75, 3.05) is 6.54 Å². The molecule has 1 unspecified atom stereocenters. The Morgan fingerprint density at radius 3 is 2.79 bits per heavy atom. The fourth-order valence-corrected chi connectivity index (χ4v) is 3.25. The molecule has 108 valence electrons. The summed E-state index contributed by atoms with van der Waals surface area (Å²) in [6.07, 6.45) is 13.6. The molecule has 1 aliphatic rings. The zero-order valence-corrected chi connectivity index (χ0v) is 12.6. The molecule has 3 nitrogen and oxygen atoms in total. The van der Waals surface area contributed by atoms with Gasteiger partial charge in [-0.15, -0.1) is 0 Å². The monoisotopic (exact) mass is 263 g/mol. The van der Waals surface area contributed by atoms with Crippen molar-refractivity contribution >= 4 is 0 Å². The highest BCUT2D eigenvalue weighted by Gasteiger charge is 2.22. The van der Waals surface area contributed by atoms with E-state index in [1.807, 2.05) is 6.20 Å². The van der Waals surface area contributed by atoms with Crippen LogP contribution in [0.25, 0.3) is 0 Å². The Balaban J connectivity index is 2.01. The molecule has 1 saturated carbocycles.